The van der Waals surface area contributed by atoms with Crippen molar-refractivity contribution in [2.24, 2.45) is 5.92 Å². The molecule has 0 saturated carbocycles. The molecule has 18 heavy (non-hydrogen) atoms. The second-order valence-electron chi connectivity index (χ2n) is 5.08. The van der Waals surface area contributed by atoms with E-state index in [2.05, 4.69) is 45.0 Å². The van der Waals surface area contributed by atoms with Crippen LogP contribution < -0.4 is 4.74 Å². The number of unbranched alkanes of at least 4 members (excludes halogenated alkanes) is 2. The van der Waals surface area contributed by atoms with E-state index >= 15 is 0 Å². The van der Waals surface area contributed by atoms with Gasteiger partial charge in [0.1, 0.15) is 5.75 Å². The van der Waals surface area contributed by atoms with Crippen LogP contribution in [0, 0.1) is 5.92 Å². The van der Waals surface area contributed by atoms with Crippen LogP contribution in [-0.4, -0.2) is 6.61 Å². The maximum Gasteiger partial charge on any atom is 0.119 e. The molecule has 0 spiro atoms. The minimum absolute atomic E-state index is 0.710. The number of hydrogen-bond acceptors (Lipinski definition) is 1. The van der Waals surface area contributed by atoms with Gasteiger partial charge in [-0.15, -0.1) is 0 Å². The molecule has 1 aromatic rings. The molecule has 0 aliphatic carbocycles. The summed E-state index contributed by atoms with van der Waals surface area (Å²) in [4.78, 5) is 0. The highest BCUT2D eigenvalue weighted by Gasteiger charge is 2.07. The fourth-order valence-corrected chi connectivity index (χ4v) is 2.16. The minimum atomic E-state index is 0.710. The summed E-state index contributed by atoms with van der Waals surface area (Å²) in [5.74, 6) is 1.74. The number of hydrogen-bond donors (Lipinski definition) is 0. The topological polar surface area (TPSA) is 9.23 Å². The van der Waals surface area contributed by atoms with Crippen LogP contribution >= 0.6 is 0 Å². The molecule has 0 saturated heterocycles. The van der Waals surface area contributed by atoms with E-state index in [1.165, 1.54) is 37.7 Å². The highest BCUT2D eigenvalue weighted by molar-refractivity contribution is 5.28. The Balaban J connectivity index is 2.36. The van der Waals surface area contributed by atoms with Crippen molar-refractivity contribution in [3.8, 4) is 5.75 Å². The molecule has 0 aliphatic rings. The predicted molar refractivity (Wildman–Crippen MR) is 79.2 cm³/mol. The summed E-state index contributed by atoms with van der Waals surface area (Å²) in [5.41, 5.74) is 1.35. The van der Waals surface area contributed by atoms with Crippen LogP contribution in [0.4, 0.5) is 0 Å². The van der Waals surface area contributed by atoms with Crippen LogP contribution in [0.15, 0.2) is 24.3 Å². The van der Waals surface area contributed by atoms with Crippen molar-refractivity contribution in [3.63, 3.8) is 0 Å². The lowest BCUT2D eigenvalue weighted by molar-refractivity contribution is 0.232. The van der Waals surface area contributed by atoms with E-state index in [9.17, 15) is 0 Å². The zero-order chi connectivity index (χ0) is 13.2. The van der Waals surface area contributed by atoms with Crippen molar-refractivity contribution in [2.45, 2.75) is 59.3 Å². The molecule has 1 heteroatoms. The van der Waals surface area contributed by atoms with Crippen LogP contribution in [0.2, 0.25) is 0 Å². The molecule has 0 aromatic heterocycles. The van der Waals surface area contributed by atoms with Crippen LogP contribution in [0.1, 0.15) is 58.4 Å². The van der Waals surface area contributed by atoms with E-state index < -0.39 is 0 Å². The van der Waals surface area contributed by atoms with Crippen LogP contribution in [-0.2, 0) is 6.42 Å². The SMILES string of the molecule is CCCCCC(CC)COc1cccc(CC)c1. The fraction of sp³-hybridized carbons (Fsp3) is 0.647. The first-order chi connectivity index (χ1) is 8.80. The third kappa shape index (κ3) is 5.57. The molecule has 0 heterocycles. The normalized spacial score (nSPS) is 12.4. The Morgan fingerprint density at radius 3 is 2.61 bits per heavy atom. The molecular formula is C17H28O. The van der Waals surface area contributed by atoms with Gasteiger partial charge in [-0.1, -0.05) is 58.6 Å². The Hall–Kier alpha value is -0.980. The molecule has 1 aromatic carbocycles. The molecule has 1 rings (SSSR count). The number of benzene rings is 1. The van der Waals surface area contributed by atoms with Crippen molar-refractivity contribution in [3.05, 3.63) is 29.8 Å². The lowest BCUT2D eigenvalue weighted by atomic mass is 10.00. The van der Waals surface area contributed by atoms with Gasteiger partial charge in [0.15, 0.2) is 0 Å². The Kier molecular flexibility index (Phi) is 7.55. The first-order valence-electron chi connectivity index (χ1n) is 7.51. The number of ether oxygens (including phenoxy) is 1. The van der Waals surface area contributed by atoms with Gasteiger partial charge in [-0.3, -0.25) is 0 Å². The molecule has 1 atom stereocenters. The summed E-state index contributed by atoms with van der Waals surface area (Å²) in [7, 11) is 0. The number of rotatable bonds is 9. The molecule has 0 bridgehead atoms. The van der Waals surface area contributed by atoms with Gasteiger partial charge >= 0.3 is 0 Å². The average Bonchev–Trinajstić information content (AvgIpc) is 2.43. The van der Waals surface area contributed by atoms with Gasteiger partial charge in [0.2, 0.25) is 0 Å². The Labute approximate surface area is 113 Å². The molecule has 1 nitrogen and oxygen atoms in total. The second kappa shape index (κ2) is 9.02. The predicted octanol–water partition coefficient (Wildman–Crippen LogP) is 5.23. The summed E-state index contributed by atoms with van der Waals surface area (Å²) in [6, 6.07) is 8.48. The van der Waals surface area contributed by atoms with Gasteiger partial charge < -0.3 is 4.74 Å². The molecule has 0 fully saturated rings. The zero-order valence-corrected chi connectivity index (χ0v) is 12.2. The summed E-state index contributed by atoms with van der Waals surface area (Å²) >= 11 is 0. The van der Waals surface area contributed by atoms with Crippen molar-refractivity contribution in [1.29, 1.82) is 0 Å². The van der Waals surface area contributed by atoms with Crippen LogP contribution in [0.3, 0.4) is 0 Å². The minimum Gasteiger partial charge on any atom is -0.493 e. The average molecular weight is 248 g/mol. The van der Waals surface area contributed by atoms with Crippen molar-refractivity contribution in [2.75, 3.05) is 6.61 Å². The summed E-state index contributed by atoms with van der Waals surface area (Å²) < 4.78 is 5.93. The standard InChI is InChI=1S/C17H28O/c1-4-7-8-10-16(6-3)14-18-17-12-9-11-15(5-2)13-17/h9,11-13,16H,4-8,10,14H2,1-3H3. The monoisotopic (exact) mass is 248 g/mol. The fourth-order valence-electron chi connectivity index (χ4n) is 2.16. The van der Waals surface area contributed by atoms with E-state index in [1.807, 2.05) is 0 Å². The first kappa shape index (κ1) is 15.1. The summed E-state index contributed by atoms with van der Waals surface area (Å²) in [6.45, 7) is 7.57. The largest absolute Gasteiger partial charge is 0.493 e. The van der Waals surface area contributed by atoms with Crippen molar-refractivity contribution in [1.82, 2.24) is 0 Å². The third-order valence-corrected chi connectivity index (χ3v) is 3.59. The van der Waals surface area contributed by atoms with Crippen molar-refractivity contribution >= 4 is 0 Å². The molecular weight excluding hydrogens is 220 g/mol. The smallest absolute Gasteiger partial charge is 0.119 e. The molecule has 0 N–H and O–H groups in total. The lowest BCUT2D eigenvalue weighted by Gasteiger charge is -2.16. The third-order valence-electron chi connectivity index (χ3n) is 3.59. The number of aryl methyl sites for hydroxylation is 1. The molecule has 1 unspecified atom stereocenters. The van der Waals surface area contributed by atoms with Crippen LogP contribution in [0.25, 0.3) is 0 Å². The van der Waals surface area contributed by atoms with E-state index in [4.69, 9.17) is 4.74 Å². The van der Waals surface area contributed by atoms with E-state index in [1.54, 1.807) is 0 Å². The van der Waals surface area contributed by atoms with E-state index in [0.717, 1.165) is 18.8 Å². The summed E-state index contributed by atoms with van der Waals surface area (Å²) in [5, 5.41) is 0. The maximum atomic E-state index is 5.93. The highest BCUT2D eigenvalue weighted by atomic mass is 16.5. The van der Waals surface area contributed by atoms with Gasteiger partial charge in [0, 0.05) is 0 Å². The highest BCUT2D eigenvalue weighted by Crippen LogP contribution is 2.18. The lowest BCUT2D eigenvalue weighted by Crippen LogP contribution is -2.11. The second-order valence-corrected chi connectivity index (χ2v) is 5.08. The van der Waals surface area contributed by atoms with Gasteiger partial charge in [-0.05, 0) is 36.5 Å². The summed E-state index contributed by atoms with van der Waals surface area (Å²) in [6.07, 6.45) is 7.59. The molecule has 102 valence electrons. The molecule has 0 radical (unpaired) electrons. The Morgan fingerprint density at radius 1 is 1.11 bits per heavy atom. The van der Waals surface area contributed by atoms with Crippen LogP contribution in [0.5, 0.6) is 5.75 Å². The van der Waals surface area contributed by atoms with Gasteiger partial charge in [0.25, 0.3) is 0 Å². The van der Waals surface area contributed by atoms with E-state index in [-0.39, 0.29) is 0 Å². The zero-order valence-electron chi connectivity index (χ0n) is 12.2. The molecule has 0 aliphatic heterocycles. The first-order valence-corrected chi connectivity index (χ1v) is 7.51. The van der Waals surface area contributed by atoms with Gasteiger partial charge in [-0.25, -0.2) is 0 Å². The quantitative estimate of drug-likeness (QED) is 0.543. The van der Waals surface area contributed by atoms with E-state index in [0.29, 0.717) is 5.92 Å². The maximum absolute atomic E-state index is 5.93. The van der Waals surface area contributed by atoms with Crippen molar-refractivity contribution < 1.29 is 4.74 Å². The van der Waals surface area contributed by atoms with Gasteiger partial charge in [0.05, 0.1) is 6.61 Å². The van der Waals surface area contributed by atoms with Gasteiger partial charge in [-0.2, -0.15) is 0 Å². The Bertz CT molecular complexity index is 319. The Morgan fingerprint density at radius 2 is 1.94 bits per heavy atom. The molecule has 0 amide bonds.